The molecule has 0 aliphatic rings. The number of nitrogens with zero attached hydrogens (tertiary/aromatic N) is 2. The number of nitrogens with one attached hydrogen (secondary N) is 1. The summed E-state index contributed by atoms with van der Waals surface area (Å²) < 4.78 is 15.1. The van der Waals surface area contributed by atoms with Crippen molar-refractivity contribution in [2.24, 2.45) is 0 Å². The lowest BCUT2D eigenvalue weighted by Gasteiger charge is -2.03. The first-order chi connectivity index (χ1) is 8.74. The van der Waals surface area contributed by atoms with Crippen LogP contribution in [0, 0.1) is 5.82 Å². The van der Waals surface area contributed by atoms with E-state index in [2.05, 4.69) is 10.3 Å². The van der Waals surface area contributed by atoms with Crippen LogP contribution in [-0.2, 0) is 0 Å². The number of imidazole rings is 1. The van der Waals surface area contributed by atoms with Crippen LogP contribution in [0.4, 0.5) is 10.1 Å². The number of amides is 1. The summed E-state index contributed by atoms with van der Waals surface area (Å²) in [6.07, 6.45) is 3.43. The Hall–Kier alpha value is -2.21. The summed E-state index contributed by atoms with van der Waals surface area (Å²) in [5, 5.41) is 4.37. The van der Waals surface area contributed by atoms with Crippen molar-refractivity contribution < 1.29 is 9.18 Å². The van der Waals surface area contributed by atoms with Gasteiger partial charge in [0.2, 0.25) is 0 Å². The van der Waals surface area contributed by atoms with E-state index in [9.17, 15) is 9.18 Å². The van der Waals surface area contributed by atoms with E-state index < -0.39 is 11.7 Å². The van der Waals surface area contributed by atoms with Gasteiger partial charge in [0.1, 0.15) is 11.5 Å². The van der Waals surface area contributed by atoms with Crippen LogP contribution in [0.1, 0.15) is 10.5 Å². The molecule has 1 N–H and O–H groups in total. The standard InChI is InChI=1S/C12H8FN3OS/c13-8-3-1-2-4-9(8)14-11(17)10-7-16-5-6-18-12(16)15-10/h1-7H,(H,14,17). The quantitative estimate of drug-likeness (QED) is 0.771. The molecule has 0 spiro atoms. The second-order valence-electron chi connectivity index (χ2n) is 3.65. The lowest BCUT2D eigenvalue weighted by atomic mass is 10.3. The second kappa shape index (κ2) is 4.23. The lowest BCUT2D eigenvalue weighted by Crippen LogP contribution is -2.13. The predicted octanol–water partition coefficient (Wildman–Crippen LogP) is 2.79. The summed E-state index contributed by atoms with van der Waals surface area (Å²) in [7, 11) is 0. The highest BCUT2D eigenvalue weighted by atomic mass is 32.1. The first kappa shape index (κ1) is 10.9. The molecule has 0 unspecified atom stereocenters. The summed E-state index contributed by atoms with van der Waals surface area (Å²) in [6, 6.07) is 6.02. The molecular weight excluding hydrogens is 253 g/mol. The number of carbonyl (C=O) groups is 1. The summed E-state index contributed by atoms with van der Waals surface area (Å²) in [6.45, 7) is 0. The van der Waals surface area contributed by atoms with Crippen LogP contribution in [0.5, 0.6) is 0 Å². The number of hydrogen-bond acceptors (Lipinski definition) is 3. The number of benzene rings is 1. The fourth-order valence-electron chi connectivity index (χ4n) is 1.59. The van der Waals surface area contributed by atoms with Gasteiger partial charge in [0.15, 0.2) is 4.96 Å². The molecule has 0 aliphatic carbocycles. The molecule has 2 aromatic heterocycles. The molecule has 4 nitrogen and oxygen atoms in total. The Kier molecular flexibility index (Phi) is 2.56. The normalized spacial score (nSPS) is 10.7. The molecule has 0 saturated carbocycles. The zero-order chi connectivity index (χ0) is 12.5. The minimum absolute atomic E-state index is 0.152. The zero-order valence-electron chi connectivity index (χ0n) is 9.13. The van der Waals surface area contributed by atoms with Gasteiger partial charge in [0.05, 0.1) is 5.69 Å². The van der Waals surface area contributed by atoms with Crippen LogP contribution in [0.2, 0.25) is 0 Å². The van der Waals surface area contributed by atoms with Gasteiger partial charge in [-0.05, 0) is 12.1 Å². The van der Waals surface area contributed by atoms with E-state index in [1.807, 2.05) is 11.6 Å². The summed E-state index contributed by atoms with van der Waals surface area (Å²) in [5.41, 5.74) is 0.420. The number of anilines is 1. The summed E-state index contributed by atoms with van der Waals surface area (Å²) >= 11 is 1.43. The minimum atomic E-state index is -0.466. The van der Waals surface area contributed by atoms with Gasteiger partial charge in [-0.1, -0.05) is 12.1 Å². The number of para-hydroxylation sites is 1. The van der Waals surface area contributed by atoms with Crippen LogP contribution >= 0.6 is 11.3 Å². The Morgan fingerprint density at radius 2 is 2.22 bits per heavy atom. The number of thiazole rings is 1. The number of halogens is 1. The summed E-state index contributed by atoms with van der Waals surface area (Å²) in [4.78, 5) is 16.8. The van der Waals surface area contributed by atoms with Crippen molar-refractivity contribution in [3.05, 3.63) is 53.6 Å². The fourth-order valence-corrected chi connectivity index (χ4v) is 2.29. The molecule has 3 rings (SSSR count). The average molecular weight is 261 g/mol. The fraction of sp³-hybridized carbons (Fsp3) is 0. The van der Waals surface area contributed by atoms with E-state index in [1.165, 1.54) is 23.5 Å². The SMILES string of the molecule is O=C(Nc1ccccc1F)c1cn2ccsc2n1. The number of aromatic nitrogens is 2. The largest absolute Gasteiger partial charge is 0.318 e. The molecular formula is C12H8FN3OS. The maximum Gasteiger partial charge on any atom is 0.275 e. The number of fused-ring (bicyclic) bond motifs is 1. The average Bonchev–Trinajstić information content (AvgIpc) is 2.92. The third-order valence-electron chi connectivity index (χ3n) is 2.45. The van der Waals surface area contributed by atoms with Crippen molar-refractivity contribution in [3.63, 3.8) is 0 Å². The van der Waals surface area contributed by atoms with Gasteiger partial charge in [0.25, 0.3) is 5.91 Å². The Balaban J connectivity index is 1.87. The molecule has 2 heterocycles. The van der Waals surface area contributed by atoms with Crippen molar-refractivity contribution >= 4 is 27.9 Å². The lowest BCUT2D eigenvalue weighted by molar-refractivity contribution is 0.102. The Labute approximate surface area is 106 Å². The van der Waals surface area contributed by atoms with Gasteiger partial charge in [-0.2, -0.15) is 0 Å². The number of rotatable bonds is 2. The number of hydrogen-bond donors (Lipinski definition) is 1. The van der Waals surface area contributed by atoms with E-state index in [1.54, 1.807) is 22.7 Å². The van der Waals surface area contributed by atoms with Crippen molar-refractivity contribution in [1.29, 1.82) is 0 Å². The monoisotopic (exact) mass is 261 g/mol. The Morgan fingerprint density at radius 3 is 3.00 bits per heavy atom. The highest BCUT2D eigenvalue weighted by Gasteiger charge is 2.13. The van der Waals surface area contributed by atoms with Gasteiger partial charge < -0.3 is 5.32 Å². The van der Waals surface area contributed by atoms with Gasteiger partial charge >= 0.3 is 0 Å². The minimum Gasteiger partial charge on any atom is -0.318 e. The molecule has 0 atom stereocenters. The third-order valence-corrected chi connectivity index (χ3v) is 3.22. The summed E-state index contributed by atoms with van der Waals surface area (Å²) in [5.74, 6) is -0.886. The maximum atomic E-state index is 13.4. The van der Waals surface area contributed by atoms with E-state index in [4.69, 9.17) is 0 Å². The Morgan fingerprint density at radius 1 is 1.39 bits per heavy atom. The second-order valence-corrected chi connectivity index (χ2v) is 4.53. The van der Waals surface area contributed by atoms with E-state index in [0.29, 0.717) is 0 Å². The van der Waals surface area contributed by atoms with Gasteiger partial charge in [-0.15, -0.1) is 11.3 Å². The van der Waals surface area contributed by atoms with Crippen LogP contribution in [0.15, 0.2) is 42.0 Å². The topological polar surface area (TPSA) is 46.4 Å². The third kappa shape index (κ3) is 1.86. The molecule has 1 amide bonds. The molecule has 1 aromatic carbocycles. The van der Waals surface area contributed by atoms with E-state index >= 15 is 0 Å². The molecule has 90 valence electrons. The van der Waals surface area contributed by atoms with Crippen molar-refractivity contribution in [1.82, 2.24) is 9.38 Å². The van der Waals surface area contributed by atoms with Crippen LogP contribution in [0.3, 0.4) is 0 Å². The highest BCUT2D eigenvalue weighted by molar-refractivity contribution is 7.15. The molecule has 0 bridgehead atoms. The zero-order valence-corrected chi connectivity index (χ0v) is 9.95. The van der Waals surface area contributed by atoms with Crippen molar-refractivity contribution in [3.8, 4) is 0 Å². The first-order valence-electron chi connectivity index (χ1n) is 5.22. The molecule has 0 saturated heterocycles. The predicted molar refractivity (Wildman–Crippen MR) is 67.4 cm³/mol. The van der Waals surface area contributed by atoms with Gasteiger partial charge in [0, 0.05) is 17.8 Å². The van der Waals surface area contributed by atoms with Gasteiger partial charge in [-0.3, -0.25) is 9.20 Å². The van der Waals surface area contributed by atoms with E-state index in [-0.39, 0.29) is 11.4 Å². The molecule has 18 heavy (non-hydrogen) atoms. The van der Waals surface area contributed by atoms with Crippen molar-refractivity contribution in [2.45, 2.75) is 0 Å². The van der Waals surface area contributed by atoms with Crippen LogP contribution in [0.25, 0.3) is 4.96 Å². The van der Waals surface area contributed by atoms with Crippen LogP contribution < -0.4 is 5.32 Å². The molecule has 0 fully saturated rings. The molecule has 3 aromatic rings. The molecule has 0 aliphatic heterocycles. The highest BCUT2D eigenvalue weighted by Crippen LogP contribution is 2.15. The maximum absolute atomic E-state index is 13.4. The molecule has 0 radical (unpaired) electrons. The van der Waals surface area contributed by atoms with E-state index in [0.717, 1.165) is 4.96 Å². The molecule has 6 heteroatoms. The van der Waals surface area contributed by atoms with Crippen molar-refractivity contribution in [2.75, 3.05) is 5.32 Å². The first-order valence-corrected chi connectivity index (χ1v) is 6.10. The van der Waals surface area contributed by atoms with Crippen LogP contribution in [-0.4, -0.2) is 15.3 Å². The van der Waals surface area contributed by atoms with Gasteiger partial charge in [-0.25, -0.2) is 9.37 Å². The number of carbonyl (C=O) groups excluding carboxylic acids is 1. The smallest absolute Gasteiger partial charge is 0.275 e. The Bertz CT molecular complexity index is 690.